The molecule has 7 nitrogen and oxygen atoms in total. The lowest BCUT2D eigenvalue weighted by Crippen LogP contribution is -2.46. The van der Waals surface area contributed by atoms with Gasteiger partial charge in [-0.2, -0.15) is 0 Å². The first kappa shape index (κ1) is 26.3. The summed E-state index contributed by atoms with van der Waals surface area (Å²) in [6.07, 6.45) is 6.96. The van der Waals surface area contributed by atoms with Crippen molar-refractivity contribution < 1.29 is 13.2 Å². The lowest BCUT2D eigenvalue weighted by molar-refractivity contribution is 0.114. The summed E-state index contributed by atoms with van der Waals surface area (Å²) in [5.41, 5.74) is 1.39. The zero-order valence-corrected chi connectivity index (χ0v) is 21.8. The van der Waals surface area contributed by atoms with E-state index in [-0.39, 0.29) is 35.0 Å². The Labute approximate surface area is 204 Å². The monoisotopic (exact) mass is 564 g/mol. The fourth-order valence-electron chi connectivity index (χ4n) is 3.98. The van der Waals surface area contributed by atoms with E-state index < -0.39 is 10.0 Å². The van der Waals surface area contributed by atoms with Crippen molar-refractivity contribution in [2.24, 2.45) is 10.4 Å². The van der Waals surface area contributed by atoms with Crippen LogP contribution in [0.4, 0.5) is 0 Å². The Morgan fingerprint density at radius 3 is 2.45 bits per heavy atom. The van der Waals surface area contributed by atoms with Crippen LogP contribution in [0.25, 0.3) is 0 Å². The van der Waals surface area contributed by atoms with Crippen LogP contribution in [0.2, 0.25) is 0 Å². The summed E-state index contributed by atoms with van der Waals surface area (Å²) in [5, 5.41) is 6.78. The minimum atomic E-state index is -3.52. The van der Waals surface area contributed by atoms with Gasteiger partial charge in [0.15, 0.2) is 5.96 Å². The molecule has 9 heteroatoms. The highest BCUT2D eigenvalue weighted by Crippen LogP contribution is 2.42. The number of aliphatic imine (C=N–C) groups is 1. The van der Waals surface area contributed by atoms with Crippen LogP contribution in [0.1, 0.15) is 57.9 Å². The molecule has 1 saturated heterocycles. The van der Waals surface area contributed by atoms with E-state index in [1.165, 1.54) is 25.7 Å². The van der Waals surface area contributed by atoms with Gasteiger partial charge in [0.1, 0.15) is 0 Å². The van der Waals surface area contributed by atoms with Crippen LogP contribution in [-0.2, 0) is 21.3 Å². The zero-order chi connectivity index (χ0) is 21.5. The standard InChI is InChI=1S/C22H36N4O3S.HI/c1-3-22(12-6-13-22)17-25-21(23-4-2)24-15-18-8-10-20(11-9-18)30(27,28)26-16-19-7-5-14-29-19;/h8-11,19,26H,3-7,12-17H2,1-2H3,(H2,23,24,25);1H. The molecule has 0 amide bonds. The smallest absolute Gasteiger partial charge is 0.240 e. The second kappa shape index (κ2) is 12.4. The molecule has 1 atom stereocenters. The first-order valence-corrected chi connectivity index (χ1v) is 12.7. The highest BCUT2D eigenvalue weighted by Gasteiger charge is 2.34. The number of ether oxygens (including phenoxy) is 1. The van der Waals surface area contributed by atoms with E-state index >= 15 is 0 Å². The van der Waals surface area contributed by atoms with Gasteiger partial charge in [0, 0.05) is 26.2 Å². The molecule has 0 spiro atoms. The van der Waals surface area contributed by atoms with E-state index in [0.717, 1.165) is 37.5 Å². The Kier molecular flexibility index (Phi) is 10.5. The Hall–Kier alpha value is -0.910. The first-order chi connectivity index (χ1) is 14.5. The molecular formula is C22H37IN4O3S. The fraction of sp³-hybridized carbons (Fsp3) is 0.682. The number of guanidine groups is 1. The van der Waals surface area contributed by atoms with Crippen molar-refractivity contribution in [1.29, 1.82) is 0 Å². The van der Waals surface area contributed by atoms with E-state index in [9.17, 15) is 8.42 Å². The summed E-state index contributed by atoms with van der Waals surface area (Å²) < 4.78 is 33.1. The first-order valence-electron chi connectivity index (χ1n) is 11.2. The second-order valence-corrected chi connectivity index (χ2v) is 10.2. The minimum Gasteiger partial charge on any atom is -0.377 e. The van der Waals surface area contributed by atoms with E-state index in [1.54, 1.807) is 12.1 Å². The van der Waals surface area contributed by atoms with Crippen molar-refractivity contribution in [2.75, 3.05) is 26.2 Å². The number of sulfonamides is 1. The lowest BCUT2D eigenvalue weighted by atomic mass is 9.67. The molecule has 0 radical (unpaired) electrons. The predicted molar refractivity (Wildman–Crippen MR) is 135 cm³/mol. The largest absolute Gasteiger partial charge is 0.377 e. The number of benzene rings is 1. The van der Waals surface area contributed by atoms with Crippen LogP contribution in [0, 0.1) is 5.41 Å². The highest BCUT2D eigenvalue weighted by molar-refractivity contribution is 14.0. The molecule has 1 heterocycles. The van der Waals surface area contributed by atoms with Crippen LogP contribution in [0.3, 0.4) is 0 Å². The molecule has 1 aliphatic heterocycles. The molecule has 2 fully saturated rings. The van der Waals surface area contributed by atoms with Gasteiger partial charge >= 0.3 is 0 Å². The Bertz CT molecular complexity index is 799. The van der Waals surface area contributed by atoms with Crippen molar-refractivity contribution in [3.63, 3.8) is 0 Å². The molecule has 2 aliphatic rings. The SMILES string of the molecule is CCNC(=NCc1ccc(S(=O)(=O)NCC2CCCO2)cc1)NCC1(CC)CCC1.I. The van der Waals surface area contributed by atoms with Crippen molar-refractivity contribution in [1.82, 2.24) is 15.4 Å². The number of halogens is 1. The molecule has 3 rings (SSSR count). The third kappa shape index (κ3) is 7.57. The van der Waals surface area contributed by atoms with Gasteiger partial charge in [-0.25, -0.2) is 18.1 Å². The number of hydrogen-bond acceptors (Lipinski definition) is 4. The summed E-state index contributed by atoms with van der Waals surface area (Å²) in [6, 6.07) is 6.94. The van der Waals surface area contributed by atoms with Crippen LogP contribution >= 0.6 is 24.0 Å². The van der Waals surface area contributed by atoms with Gasteiger partial charge in [0.2, 0.25) is 10.0 Å². The maximum atomic E-state index is 12.5. The van der Waals surface area contributed by atoms with Crippen LogP contribution in [0.5, 0.6) is 0 Å². The molecule has 1 aromatic rings. The number of nitrogens with one attached hydrogen (secondary N) is 3. The van der Waals surface area contributed by atoms with E-state index in [4.69, 9.17) is 4.74 Å². The quantitative estimate of drug-likeness (QED) is 0.230. The number of nitrogens with zero attached hydrogens (tertiary/aromatic N) is 1. The van der Waals surface area contributed by atoms with Gasteiger partial charge in [-0.3, -0.25) is 0 Å². The average Bonchev–Trinajstić information content (AvgIpc) is 3.24. The maximum absolute atomic E-state index is 12.5. The number of rotatable bonds is 10. The molecule has 1 saturated carbocycles. The van der Waals surface area contributed by atoms with Crippen molar-refractivity contribution in [3.8, 4) is 0 Å². The van der Waals surface area contributed by atoms with Gasteiger partial charge in [-0.05, 0) is 62.1 Å². The van der Waals surface area contributed by atoms with E-state index in [0.29, 0.717) is 25.1 Å². The van der Waals surface area contributed by atoms with E-state index in [1.807, 2.05) is 12.1 Å². The minimum absolute atomic E-state index is 0. The molecule has 0 bridgehead atoms. The molecule has 3 N–H and O–H groups in total. The predicted octanol–water partition coefficient (Wildman–Crippen LogP) is 3.40. The highest BCUT2D eigenvalue weighted by atomic mass is 127. The van der Waals surface area contributed by atoms with Gasteiger partial charge < -0.3 is 15.4 Å². The molecule has 1 aromatic carbocycles. The summed E-state index contributed by atoms with van der Waals surface area (Å²) in [4.78, 5) is 4.94. The van der Waals surface area contributed by atoms with Gasteiger partial charge in [-0.15, -0.1) is 24.0 Å². The van der Waals surface area contributed by atoms with Crippen LogP contribution in [0.15, 0.2) is 34.2 Å². The summed E-state index contributed by atoms with van der Waals surface area (Å²) in [5.74, 6) is 0.812. The van der Waals surface area contributed by atoms with Gasteiger partial charge in [0.25, 0.3) is 0 Å². The fourth-order valence-corrected chi connectivity index (χ4v) is 5.05. The Morgan fingerprint density at radius 2 is 1.90 bits per heavy atom. The molecular weight excluding hydrogens is 527 g/mol. The third-order valence-corrected chi connectivity index (χ3v) is 7.76. The van der Waals surface area contributed by atoms with Gasteiger partial charge in [-0.1, -0.05) is 25.5 Å². The van der Waals surface area contributed by atoms with Crippen LogP contribution in [-0.4, -0.2) is 46.7 Å². The zero-order valence-electron chi connectivity index (χ0n) is 18.7. The molecule has 31 heavy (non-hydrogen) atoms. The lowest BCUT2D eigenvalue weighted by Gasteiger charge is -2.41. The second-order valence-electron chi connectivity index (χ2n) is 8.39. The van der Waals surface area contributed by atoms with Crippen molar-refractivity contribution in [2.45, 2.75) is 69.9 Å². The molecule has 176 valence electrons. The topological polar surface area (TPSA) is 91.8 Å². The Balaban J connectivity index is 0.00000341. The molecule has 1 aliphatic carbocycles. The average molecular weight is 565 g/mol. The normalized spacial score (nSPS) is 20.6. The van der Waals surface area contributed by atoms with Gasteiger partial charge in [0.05, 0.1) is 17.5 Å². The summed E-state index contributed by atoms with van der Waals surface area (Å²) in [7, 11) is -3.52. The maximum Gasteiger partial charge on any atom is 0.240 e. The Morgan fingerprint density at radius 1 is 1.16 bits per heavy atom. The van der Waals surface area contributed by atoms with Crippen molar-refractivity contribution >= 4 is 40.0 Å². The molecule has 0 aromatic heterocycles. The van der Waals surface area contributed by atoms with Crippen molar-refractivity contribution in [3.05, 3.63) is 29.8 Å². The molecule has 1 unspecified atom stereocenters. The third-order valence-electron chi connectivity index (χ3n) is 6.32. The van der Waals surface area contributed by atoms with Crippen LogP contribution < -0.4 is 15.4 Å². The number of hydrogen-bond donors (Lipinski definition) is 3. The van der Waals surface area contributed by atoms with E-state index in [2.05, 4.69) is 34.2 Å². The summed E-state index contributed by atoms with van der Waals surface area (Å²) >= 11 is 0. The summed E-state index contributed by atoms with van der Waals surface area (Å²) in [6.45, 7) is 7.60.